The predicted molar refractivity (Wildman–Crippen MR) is 82.9 cm³/mol. The molecule has 2 rings (SSSR count). The van der Waals surface area contributed by atoms with E-state index in [1.54, 1.807) is 11.8 Å². The minimum absolute atomic E-state index is 0.0442. The van der Waals surface area contributed by atoms with Crippen molar-refractivity contribution in [1.29, 1.82) is 0 Å². The summed E-state index contributed by atoms with van der Waals surface area (Å²) in [5.41, 5.74) is 2.42. The van der Waals surface area contributed by atoms with E-state index in [-0.39, 0.29) is 23.9 Å². The molecule has 21 heavy (non-hydrogen) atoms. The van der Waals surface area contributed by atoms with Crippen LogP contribution in [-0.2, 0) is 16.0 Å². The van der Waals surface area contributed by atoms with Gasteiger partial charge in [0.1, 0.15) is 12.1 Å². The lowest BCUT2D eigenvalue weighted by Gasteiger charge is -2.37. The smallest absolute Gasteiger partial charge is 0.245 e. The Morgan fingerprint density at radius 3 is 2.71 bits per heavy atom. The van der Waals surface area contributed by atoms with Gasteiger partial charge in [-0.05, 0) is 32.3 Å². The van der Waals surface area contributed by atoms with Crippen LogP contribution in [0.2, 0.25) is 0 Å². The molecule has 1 N–H and O–H groups in total. The van der Waals surface area contributed by atoms with Crippen LogP contribution in [0.4, 0.5) is 0 Å². The highest BCUT2D eigenvalue weighted by Gasteiger charge is 2.36. The average Bonchev–Trinajstić information content (AvgIpc) is 2.45. The SMILES string of the molecule is CCCC1NC(=O)C(C)N(CCc2cccc(C)c2)C1=O. The number of benzene rings is 1. The number of aryl methyl sites for hydroxylation is 1. The zero-order valence-electron chi connectivity index (χ0n) is 13.1. The highest BCUT2D eigenvalue weighted by atomic mass is 16.2. The lowest BCUT2D eigenvalue weighted by Crippen LogP contribution is -2.62. The van der Waals surface area contributed by atoms with Gasteiger partial charge in [0, 0.05) is 6.54 Å². The van der Waals surface area contributed by atoms with Gasteiger partial charge < -0.3 is 10.2 Å². The van der Waals surface area contributed by atoms with E-state index in [0.29, 0.717) is 13.0 Å². The van der Waals surface area contributed by atoms with Crippen molar-refractivity contribution >= 4 is 11.8 Å². The molecule has 4 nitrogen and oxygen atoms in total. The van der Waals surface area contributed by atoms with Gasteiger partial charge in [-0.15, -0.1) is 0 Å². The summed E-state index contributed by atoms with van der Waals surface area (Å²) < 4.78 is 0. The van der Waals surface area contributed by atoms with E-state index >= 15 is 0 Å². The lowest BCUT2D eigenvalue weighted by molar-refractivity contribution is -0.148. The van der Waals surface area contributed by atoms with E-state index in [1.165, 1.54) is 11.1 Å². The van der Waals surface area contributed by atoms with Crippen molar-refractivity contribution in [2.24, 2.45) is 0 Å². The molecule has 0 bridgehead atoms. The largest absolute Gasteiger partial charge is 0.343 e. The fraction of sp³-hybridized carbons (Fsp3) is 0.529. The molecular formula is C17H24N2O2. The number of rotatable bonds is 5. The van der Waals surface area contributed by atoms with Crippen molar-refractivity contribution in [3.63, 3.8) is 0 Å². The number of nitrogens with one attached hydrogen (secondary N) is 1. The van der Waals surface area contributed by atoms with E-state index < -0.39 is 0 Å². The molecule has 1 aromatic rings. The van der Waals surface area contributed by atoms with Gasteiger partial charge in [-0.1, -0.05) is 43.2 Å². The maximum atomic E-state index is 12.5. The first-order valence-electron chi connectivity index (χ1n) is 7.69. The van der Waals surface area contributed by atoms with Crippen LogP contribution in [0.3, 0.4) is 0 Å². The van der Waals surface area contributed by atoms with Gasteiger partial charge in [0.2, 0.25) is 11.8 Å². The van der Waals surface area contributed by atoms with Crippen molar-refractivity contribution in [3.05, 3.63) is 35.4 Å². The molecule has 1 heterocycles. The van der Waals surface area contributed by atoms with Crippen molar-refractivity contribution in [2.45, 2.75) is 52.1 Å². The summed E-state index contributed by atoms with van der Waals surface area (Å²) in [6.07, 6.45) is 2.37. The van der Waals surface area contributed by atoms with Gasteiger partial charge in [0.25, 0.3) is 0 Å². The number of hydrogen-bond acceptors (Lipinski definition) is 2. The third-order valence-corrected chi connectivity index (χ3v) is 4.05. The molecular weight excluding hydrogens is 264 g/mol. The fourth-order valence-corrected chi connectivity index (χ4v) is 2.79. The third kappa shape index (κ3) is 3.63. The monoisotopic (exact) mass is 288 g/mol. The molecule has 4 heteroatoms. The highest BCUT2D eigenvalue weighted by molar-refractivity contribution is 5.96. The first kappa shape index (κ1) is 15.5. The summed E-state index contributed by atoms with van der Waals surface area (Å²) in [6.45, 7) is 6.47. The third-order valence-electron chi connectivity index (χ3n) is 4.05. The second-order valence-electron chi connectivity index (χ2n) is 5.80. The Balaban J connectivity index is 2.05. The van der Waals surface area contributed by atoms with Crippen molar-refractivity contribution in [2.75, 3.05) is 6.54 Å². The molecule has 1 aromatic carbocycles. The normalized spacial score (nSPS) is 22.3. The maximum absolute atomic E-state index is 12.5. The second kappa shape index (κ2) is 6.74. The minimum atomic E-state index is -0.379. The molecule has 2 atom stereocenters. The lowest BCUT2D eigenvalue weighted by atomic mass is 10.0. The molecule has 1 aliphatic rings. The molecule has 2 unspecified atom stereocenters. The van der Waals surface area contributed by atoms with Crippen LogP contribution in [0.5, 0.6) is 0 Å². The average molecular weight is 288 g/mol. The van der Waals surface area contributed by atoms with Crippen LogP contribution >= 0.6 is 0 Å². The van der Waals surface area contributed by atoms with Gasteiger partial charge in [0.05, 0.1) is 0 Å². The van der Waals surface area contributed by atoms with Crippen LogP contribution in [-0.4, -0.2) is 35.3 Å². The highest BCUT2D eigenvalue weighted by Crippen LogP contribution is 2.15. The van der Waals surface area contributed by atoms with Crippen molar-refractivity contribution in [1.82, 2.24) is 10.2 Å². The quantitative estimate of drug-likeness (QED) is 0.901. The number of amides is 2. The van der Waals surface area contributed by atoms with Crippen LogP contribution in [0.15, 0.2) is 24.3 Å². The molecule has 1 fully saturated rings. The van der Waals surface area contributed by atoms with Gasteiger partial charge in [-0.2, -0.15) is 0 Å². The van der Waals surface area contributed by atoms with Crippen molar-refractivity contribution < 1.29 is 9.59 Å². The summed E-state index contributed by atoms with van der Waals surface area (Å²) in [4.78, 5) is 26.2. The van der Waals surface area contributed by atoms with Gasteiger partial charge in [-0.25, -0.2) is 0 Å². The molecule has 0 radical (unpaired) electrons. The molecule has 2 amide bonds. The number of piperazine rings is 1. The molecule has 0 saturated carbocycles. The zero-order chi connectivity index (χ0) is 15.4. The van der Waals surface area contributed by atoms with Gasteiger partial charge >= 0.3 is 0 Å². The van der Waals surface area contributed by atoms with Crippen LogP contribution in [0.25, 0.3) is 0 Å². The first-order chi connectivity index (χ1) is 10.0. The standard InChI is InChI=1S/C17H24N2O2/c1-4-6-15-17(21)19(13(3)16(20)18-15)10-9-14-8-5-7-12(2)11-14/h5,7-8,11,13,15H,4,6,9-10H2,1-3H3,(H,18,20). The Hall–Kier alpha value is -1.84. The summed E-state index contributed by atoms with van der Waals surface area (Å²) in [5.74, 6) is 0.00824. The summed E-state index contributed by atoms with van der Waals surface area (Å²) in [5, 5.41) is 2.82. The Bertz CT molecular complexity index is 527. The number of hydrogen-bond donors (Lipinski definition) is 1. The molecule has 0 aromatic heterocycles. The van der Waals surface area contributed by atoms with E-state index in [4.69, 9.17) is 0 Å². The van der Waals surface area contributed by atoms with Crippen LogP contribution < -0.4 is 5.32 Å². The first-order valence-corrected chi connectivity index (χ1v) is 7.69. The second-order valence-corrected chi connectivity index (χ2v) is 5.80. The maximum Gasteiger partial charge on any atom is 0.245 e. The molecule has 114 valence electrons. The number of nitrogens with zero attached hydrogens (tertiary/aromatic N) is 1. The topological polar surface area (TPSA) is 49.4 Å². The summed E-state index contributed by atoms with van der Waals surface area (Å²) in [6, 6.07) is 7.55. The predicted octanol–water partition coefficient (Wildman–Crippen LogP) is 2.05. The van der Waals surface area contributed by atoms with E-state index in [9.17, 15) is 9.59 Å². The van der Waals surface area contributed by atoms with E-state index in [2.05, 4.69) is 30.4 Å². The van der Waals surface area contributed by atoms with Gasteiger partial charge in [0.15, 0.2) is 0 Å². The number of carbonyl (C=O) groups is 2. The zero-order valence-corrected chi connectivity index (χ0v) is 13.1. The molecule has 1 saturated heterocycles. The summed E-state index contributed by atoms with van der Waals surface area (Å²) in [7, 11) is 0. The van der Waals surface area contributed by atoms with Gasteiger partial charge in [-0.3, -0.25) is 9.59 Å². The molecule has 0 spiro atoms. The number of carbonyl (C=O) groups excluding carboxylic acids is 2. The summed E-state index contributed by atoms with van der Waals surface area (Å²) >= 11 is 0. The van der Waals surface area contributed by atoms with Crippen LogP contribution in [0, 0.1) is 6.92 Å². The van der Waals surface area contributed by atoms with E-state index in [0.717, 1.165) is 12.8 Å². The van der Waals surface area contributed by atoms with E-state index in [1.807, 2.05) is 13.0 Å². The van der Waals surface area contributed by atoms with Crippen LogP contribution in [0.1, 0.15) is 37.8 Å². The Kier molecular flexibility index (Phi) is 4.99. The Morgan fingerprint density at radius 2 is 2.05 bits per heavy atom. The Morgan fingerprint density at radius 1 is 1.29 bits per heavy atom. The molecule has 0 aliphatic carbocycles. The fourth-order valence-electron chi connectivity index (χ4n) is 2.79. The minimum Gasteiger partial charge on any atom is -0.343 e. The Labute approximate surface area is 126 Å². The molecule has 1 aliphatic heterocycles. The van der Waals surface area contributed by atoms with Crippen molar-refractivity contribution in [3.8, 4) is 0 Å².